The van der Waals surface area contributed by atoms with E-state index in [2.05, 4.69) is 40.4 Å². The Morgan fingerprint density at radius 3 is 2.81 bits per heavy atom. The van der Waals surface area contributed by atoms with E-state index in [0.29, 0.717) is 17.7 Å². The average Bonchev–Trinajstić information content (AvgIpc) is 3.21. The van der Waals surface area contributed by atoms with E-state index in [1.54, 1.807) is 0 Å². The third-order valence-electron chi connectivity index (χ3n) is 3.18. The van der Waals surface area contributed by atoms with Crippen LogP contribution in [0, 0.1) is 5.92 Å². The smallest absolute Gasteiger partial charge is 0.258 e. The Bertz CT molecular complexity index is 487. The minimum Gasteiger partial charge on any atom is -0.483 e. The van der Waals surface area contributed by atoms with Crippen molar-refractivity contribution in [1.29, 1.82) is 0 Å². The van der Waals surface area contributed by atoms with Crippen molar-refractivity contribution in [3.05, 3.63) is 28.2 Å². The number of ether oxygens (including phenoxy) is 1. The summed E-state index contributed by atoms with van der Waals surface area (Å²) >= 11 is 3.50. The minimum absolute atomic E-state index is 0.0490. The summed E-state index contributed by atoms with van der Waals surface area (Å²) in [5, 5.41) is 6.30. The minimum atomic E-state index is -0.0490. The second kappa shape index (κ2) is 7.80. The van der Waals surface area contributed by atoms with Crippen LogP contribution in [0.4, 0.5) is 0 Å². The van der Waals surface area contributed by atoms with Gasteiger partial charge in [-0.2, -0.15) is 0 Å². The van der Waals surface area contributed by atoms with Gasteiger partial charge in [0, 0.05) is 12.6 Å². The van der Waals surface area contributed by atoms with E-state index in [0.717, 1.165) is 30.4 Å². The molecule has 0 unspecified atom stereocenters. The van der Waals surface area contributed by atoms with Crippen molar-refractivity contribution in [3.8, 4) is 5.75 Å². The normalized spacial score (nSPS) is 14.3. The van der Waals surface area contributed by atoms with E-state index in [4.69, 9.17) is 4.74 Å². The van der Waals surface area contributed by atoms with Gasteiger partial charge in [-0.05, 0) is 58.9 Å². The van der Waals surface area contributed by atoms with Crippen LogP contribution < -0.4 is 15.4 Å². The molecule has 116 valence electrons. The topological polar surface area (TPSA) is 50.4 Å². The molecular weight excluding hydrogens is 332 g/mol. The van der Waals surface area contributed by atoms with Crippen LogP contribution in [0.1, 0.15) is 32.3 Å². The van der Waals surface area contributed by atoms with Crippen LogP contribution in [0.3, 0.4) is 0 Å². The molecule has 1 fully saturated rings. The highest BCUT2D eigenvalue weighted by Gasteiger charge is 2.23. The Hall–Kier alpha value is -1.07. The predicted octanol–water partition coefficient (Wildman–Crippen LogP) is 2.85. The van der Waals surface area contributed by atoms with Crippen LogP contribution in [0.5, 0.6) is 5.75 Å². The van der Waals surface area contributed by atoms with Gasteiger partial charge in [0.05, 0.1) is 4.47 Å². The molecule has 1 aromatic carbocycles. The van der Waals surface area contributed by atoms with Crippen LogP contribution in [0.15, 0.2) is 22.7 Å². The molecule has 1 aliphatic carbocycles. The van der Waals surface area contributed by atoms with Gasteiger partial charge in [0.1, 0.15) is 5.75 Å². The number of nitrogens with one attached hydrogen (secondary N) is 2. The number of carbonyl (C=O) groups excluding carboxylic acids is 1. The number of amides is 1. The van der Waals surface area contributed by atoms with E-state index in [1.807, 2.05) is 18.2 Å². The van der Waals surface area contributed by atoms with E-state index in [9.17, 15) is 4.79 Å². The van der Waals surface area contributed by atoms with Crippen LogP contribution >= 0.6 is 15.9 Å². The van der Waals surface area contributed by atoms with Gasteiger partial charge >= 0.3 is 0 Å². The van der Waals surface area contributed by atoms with Crippen molar-refractivity contribution in [2.75, 3.05) is 13.2 Å². The fourth-order valence-electron chi connectivity index (χ4n) is 1.92. The summed E-state index contributed by atoms with van der Waals surface area (Å²) in [5.41, 5.74) is 1.19. The first-order valence-corrected chi connectivity index (χ1v) is 8.25. The quantitative estimate of drug-likeness (QED) is 0.754. The number of rotatable bonds is 8. The fraction of sp³-hybridized carbons (Fsp3) is 0.562. The monoisotopic (exact) mass is 354 g/mol. The van der Waals surface area contributed by atoms with Crippen LogP contribution in [-0.2, 0) is 11.3 Å². The van der Waals surface area contributed by atoms with Gasteiger partial charge in [-0.1, -0.05) is 19.9 Å². The van der Waals surface area contributed by atoms with Gasteiger partial charge in [0.2, 0.25) is 0 Å². The molecule has 0 spiro atoms. The Labute approximate surface area is 134 Å². The van der Waals surface area contributed by atoms with Crippen molar-refractivity contribution in [2.45, 2.75) is 39.3 Å². The lowest BCUT2D eigenvalue weighted by atomic mass is 10.2. The Morgan fingerprint density at radius 1 is 1.43 bits per heavy atom. The molecule has 0 aromatic heterocycles. The number of carbonyl (C=O) groups is 1. The van der Waals surface area contributed by atoms with E-state index >= 15 is 0 Å². The van der Waals surface area contributed by atoms with E-state index < -0.39 is 0 Å². The van der Waals surface area contributed by atoms with Gasteiger partial charge in [-0.15, -0.1) is 0 Å². The van der Waals surface area contributed by atoms with Gasteiger partial charge in [-0.25, -0.2) is 0 Å². The summed E-state index contributed by atoms with van der Waals surface area (Å²) < 4.78 is 6.43. The van der Waals surface area contributed by atoms with Crippen molar-refractivity contribution in [2.24, 2.45) is 5.92 Å². The first-order valence-electron chi connectivity index (χ1n) is 7.46. The molecule has 0 radical (unpaired) electrons. The summed E-state index contributed by atoms with van der Waals surface area (Å²) in [4.78, 5) is 11.6. The van der Waals surface area contributed by atoms with Crippen LogP contribution in [0.2, 0.25) is 0 Å². The molecule has 0 heterocycles. The lowest BCUT2D eigenvalue weighted by molar-refractivity contribution is -0.123. The first-order chi connectivity index (χ1) is 10.0. The zero-order valence-corrected chi connectivity index (χ0v) is 14.2. The number of halogens is 1. The van der Waals surface area contributed by atoms with Crippen molar-refractivity contribution in [3.63, 3.8) is 0 Å². The first kappa shape index (κ1) is 16.3. The molecular formula is C16H23BrN2O2. The van der Waals surface area contributed by atoms with Crippen LogP contribution in [-0.4, -0.2) is 25.1 Å². The molecule has 4 nitrogen and oxygen atoms in total. The summed E-state index contributed by atoms with van der Waals surface area (Å²) in [5.74, 6) is 1.29. The van der Waals surface area contributed by atoms with E-state index in [1.165, 1.54) is 5.56 Å². The second-order valence-electron chi connectivity index (χ2n) is 5.92. The Morgan fingerprint density at radius 2 is 2.19 bits per heavy atom. The summed E-state index contributed by atoms with van der Waals surface area (Å²) in [6, 6.07) is 6.33. The molecule has 1 amide bonds. The third kappa shape index (κ3) is 6.06. The van der Waals surface area contributed by atoms with Gasteiger partial charge < -0.3 is 15.4 Å². The zero-order chi connectivity index (χ0) is 15.2. The van der Waals surface area contributed by atoms with E-state index in [-0.39, 0.29) is 12.5 Å². The van der Waals surface area contributed by atoms with Crippen molar-refractivity contribution in [1.82, 2.24) is 10.6 Å². The fourth-order valence-corrected chi connectivity index (χ4v) is 2.46. The summed E-state index contributed by atoms with van der Waals surface area (Å²) in [6.07, 6.45) is 2.18. The predicted molar refractivity (Wildman–Crippen MR) is 87.3 cm³/mol. The highest BCUT2D eigenvalue weighted by atomic mass is 79.9. The molecule has 2 rings (SSSR count). The average molecular weight is 355 g/mol. The molecule has 5 heteroatoms. The molecule has 21 heavy (non-hydrogen) atoms. The van der Waals surface area contributed by atoms with Gasteiger partial charge in [0.25, 0.3) is 5.91 Å². The van der Waals surface area contributed by atoms with Crippen molar-refractivity contribution >= 4 is 21.8 Å². The maximum Gasteiger partial charge on any atom is 0.258 e. The molecule has 0 saturated heterocycles. The molecule has 0 bridgehead atoms. The maximum absolute atomic E-state index is 11.6. The molecule has 1 saturated carbocycles. The lowest BCUT2D eigenvalue weighted by Gasteiger charge is -2.11. The molecule has 1 aliphatic rings. The highest BCUT2D eigenvalue weighted by Crippen LogP contribution is 2.26. The van der Waals surface area contributed by atoms with Gasteiger partial charge in [-0.3, -0.25) is 4.79 Å². The number of benzene rings is 1. The molecule has 2 N–H and O–H groups in total. The zero-order valence-electron chi connectivity index (χ0n) is 12.6. The summed E-state index contributed by atoms with van der Waals surface area (Å²) in [6.45, 7) is 6.27. The largest absolute Gasteiger partial charge is 0.483 e. The van der Waals surface area contributed by atoms with Crippen molar-refractivity contribution < 1.29 is 9.53 Å². The number of hydrogen-bond donors (Lipinski definition) is 2. The lowest BCUT2D eigenvalue weighted by Crippen LogP contribution is -2.30. The number of hydrogen-bond acceptors (Lipinski definition) is 3. The highest BCUT2D eigenvalue weighted by molar-refractivity contribution is 9.10. The second-order valence-corrected chi connectivity index (χ2v) is 6.77. The van der Waals surface area contributed by atoms with Gasteiger partial charge in [0.15, 0.2) is 6.61 Å². The Balaban J connectivity index is 1.79. The van der Waals surface area contributed by atoms with Crippen LogP contribution in [0.25, 0.3) is 0 Å². The standard InChI is InChI=1S/C16H23BrN2O2/c1-11(2)8-18-9-12-3-6-15(14(17)7-12)21-10-16(20)19-13-4-5-13/h3,6-7,11,13,18H,4-5,8-10H2,1-2H3,(H,19,20). The molecule has 1 aromatic rings. The maximum atomic E-state index is 11.6. The summed E-state index contributed by atoms with van der Waals surface area (Å²) in [7, 11) is 0. The SMILES string of the molecule is CC(C)CNCc1ccc(OCC(=O)NC2CC2)c(Br)c1. The molecule has 0 aliphatic heterocycles. The Kier molecular flexibility index (Phi) is 6.06. The molecule has 0 atom stereocenters. The third-order valence-corrected chi connectivity index (χ3v) is 3.80.